The molecule has 2 amide bonds. The van der Waals surface area contributed by atoms with E-state index < -0.39 is 0 Å². The summed E-state index contributed by atoms with van der Waals surface area (Å²) in [5.41, 5.74) is 3.52. The van der Waals surface area contributed by atoms with Gasteiger partial charge in [-0.1, -0.05) is 12.1 Å². The second-order valence-electron chi connectivity index (χ2n) is 7.01. The second-order valence-corrected chi connectivity index (χ2v) is 7.73. The van der Waals surface area contributed by atoms with Gasteiger partial charge in [0.2, 0.25) is 0 Å². The zero-order valence-corrected chi connectivity index (χ0v) is 17.2. The highest BCUT2D eigenvalue weighted by Crippen LogP contribution is 2.21. The molecule has 1 N–H and O–H groups in total. The summed E-state index contributed by atoms with van der Waals surface area (Å²) in [6.45, 7) is 1.63. The van der Waals surface area contributed by atoms with E-state index in [-0.39, 0.29) is 17.9 Å². The molecule has 1 fully saturated rings. The van der Waals surface area contributed by atoms with Gasteiger partial charge in [-0.3, -0.25) is 14.6 Å². The number of amides is 2. The van der Waals surface area contributed by atoms with Gasteiger partial charge in [0.25, 0.3) is 11.8 Å². The number of carbonyl (C=O) groups excluding carboxylic acids is 2. The Morgan fingerprint density at radius 1 is 1.13 bits per heavy atom. The third-order valence-corrected chi connectivity index (χ3v) is 5.52. The molecule has 4 rings (SSSR count). The van der Waals surface area contributed by atoms with Gasteiger partial charge in [0.15, 0.2) is 0 Å². The largest absolute Gasteiger partial charge is 0.490 e. The number of benzene rings is 1. The van der Waals surface area contributed by atoms with Crippen LogP contribution in [0, 0.1) is 0 Å². The Hall–Kier alpha value is -3.26. The monoisotopic (exact) mass is 422 g/mol. The van der Waals surface area contributed by atoms with E-state index >= 15 is 0 Å². The van der Waals surface area contributed by atoms with E-state index in [4.69, 9.17) is 4.74 Å². The normalized spacial score (nSPS) is 14.3. The number of likely N-dealkylation sites (tertiary alicyclic amines) is 1. The quantitative estimate of drug-likeness (QED) is 0.660. The molecule has 0 saturated carbocycles. The lowest BCUT2D eigenvalue weighted by molar-refractivity contribution is 0.0590. The molecule has 1 saturated heterocycles. The Kier molecular flexibility index (Phi) is 6.34. The van der Waals surface area contributed by atoms with Crippen LogP contribution in [0.1, 0.15) is 39.4 Å². The summed E-state index contributed by atoms with van der Waals surface area (Å²) >= 11 is 1.42. The first-order valence-corrected chi connectivity index (χ1v) is 10.8. The number of thiazole rings is 1. The summed E-state index contributed by atoms with van der Waals surface area (Å²) in [4.78, 5) is 35.0. The average Bonchev–Trinajstić information content (AvgIpc) is 3.33. The lowest BCUT2D eigenvalue weighted by Crippen LogP contribution is -2.41. The molecule has 0 atom stereocenters. The molecule has 0 aliphatic carbocycles. The van der Waals surface area contributed by atoms with Crippen LogP contribution >= 0.6 is 11.3 Å². The average molecular weight is 423 g/mol. The smallest absolute Gasteiger partial charge is 0.273 e. The highest BCUT2D eigenvalue weighted by atomic mass is 32.1. The van der Waals surface area contributed by atoms with Crippen molar-refractivity contribution in [3.63, 3.8) is 0 Å². The summed E-state index contributed by atoms with van der Waals surface area (Å²) < 4.78 is 6.08. The van der Waals surface area contributed by atoms with Crippen LogP contribution in [0.2, 0.25) is 0 Å². The van der Waals surface area contributed by atoms with Crippen LogP contribution in [-0.2, 0) is 6.54 Å². The molecule has 0 radical (unpaired) electrons. The molecule has 1 aromatic carbocycles. The van der Waals surface area contributed by atoms with Crippen molar-refractivity contribution in [1.82, 2.24) is 20.2 Å². The number of aromatic nitrogens is 2. The van der Waals surface area contributed by atoms with Gasteiger partial charge in [0.05, 0.1) is 17.7 Å². The molecule has 2 aromatic heterocycles. The number of nitrogens with zero attached hydrogens (tertiary/aromatic N) is 3. The van der Waals surface area contributed by atoms with Crippen molar-refractivity contribution in [2.24, 2.45) is 0 Å². The molecule has 0 spiro atoms. The lowest BCUT2D eigenvalue weighted by atomic mass is 10.1. The first kappa shape index (κ1) is 20.0. The summed E-state index contributed by atoms with van der Waals surface area (Å²) in [6.07, 6.45) is 3.19. The molecule has 1 aliphatic rings. The number of nitrogens with one attached hydrogen (secondary N) is 1. The maximum Gasteiger partial charge on any atom is 0.273 e. The predicted octanol–water partition coefficient (Wildman–Crippen LogP) is 3.15. The van der Waals surface area contributed by atoms with Gasteiger partial charge in [0.1, 0.15) is 17.5 Å². The zero-order valence-electron chi connectivity index (χ0n) is 16.4. The number of piperidine rings is 1. The Labute approximate surface area is 178 Å². The van der Waals surface area contributed by atoms with Crippen molar-refractivity contribution in [1.29, 1.82) is 0 Å². The van der Waals surface area contributed by atoms with Gasteiger partial charge in [-0.2, -0.15) is 0 Å². The van der Waals surface area contributed by atoms with E-state index in [9.17, 15) is 9.59 Å². The van der Waals surface area contributed by atoms with Crippen LogP contribution in [0.3, 0.4) is 0 Å². The van der Waals surface area contributed by atoms with Crippen LogP contribution in [0.5, 0.6) is 5.75 Å². The Morgan fingerprint density at radius 3 is 2.73 bits per heavy atom. The van der Waals surface area contributed by atoms with Gasteiger partial charge >= 0.3 is 0 Å². The third kappa shape index (κ3) is 5.01. The minimum atomic E-state index is -0.171. The van der Waals surface area contributed by atoms with Crippen molar-refractivity contribution < 1.29 is 14.3 Å². The molecule has 154 valence electrons. The van der Waals surface area contributed by atoms with Crippen molar-refractivity contribution in [3.8, 4) is 5.75 Å². The van der Waals surface area contributed by atoms with Crippen molar-refractivity contribution >= 4 is 23.2 Å². The molecular weight excluding hydrogens is 400 g/mol. The predicted molar refractivity (Wildman–Crippen MR) is 114 cm³/mol. The lowest BCUT2D eigenvalue weighted by Gasteiger charge is -2.31. The van der Waals surface area contributed by atoms with Crippen LogP contribution in [-0.4, -0.2) is 45.9 Å². The van der Waals surface area contributed by atoms with Crippen LogP contribution in [0.4, 0.5) is 0 Å². The molecule has 0 bridgehead atoms. The topological polar surface area (TPSA) is 84.4 Å². The van der Waals surface area contributed by atoms with Gasteiger partial charge in [-0.15, -0.1) is 11.3 Å². The number of hydrogen-bond acceptors (Lipinski definition) is 6. The number of hydrogen-bond donors (Lipinski definition) is 1. The molecule has 3 aromatic rings. The number of rotatable bonds is 6. The Morgan fingerprint density at radius 2 is 2.00 bits per heavy atom. The van der Waals surface area contributed by atoms with Crippen molar-refractivity contribution in [3.05, 3.63) is 76.5 Å². The molecule has 30 heavy (non-hydrogen) atoms. The Bertz CT molecular complexity index is 987. The maximum absolute atomic E-state index is 12.4. The Balaban J connectivity index is 1.29. The number of pyridine rings is 1. The van der Waals surface area contributed by atoms with Crippen LogP contribution in [0.25, 0.3) is 0 Å². The van der Waals surface area contributed by atoms with E-state index in [2.05, 4.69) is 15.3 Å². The fourth-order valence-electron chi connectivity index (χ4n) is 3.34. The standard InChI is InChI=1S/C22H22N4O3S/c27-21(24-13-17-5-1-2-9-23-17)16-4-3-6-19(12-16)29-18-7-10-26(11-8-18)22(28)20-14-30-15-25-20/h1-6,9,12,14-15,18H,7-8,10-11,13H2,(H,24,27). The van der Waals surface area contributed by atoms with E-state index in [0.29, 0.717) is 36.6 Å². The highest BCUT2D eigenvalue weighted by molar-refractivity contribution is 7.07. The van der Waals surface area contributed by atoms with Gasteiger partial charge in [0, 0.05) is 43.1 Å². The maximum atomic E-state index is 12.4. The van der Waals surface area contributed by atoms with Crippen LogP contribution < -0.4 is 10.1 Å². The molecule has 1 aliphatic heterocycles. The molecular formula is C22H22N4O3S. The zero-order chi connectivity index (χ0) is 20.8. The number of carbonyl (C=O) groups is 2. The first-order valence-electron chi connectivity index (χ1n) is 9.81. The van der Waals surface area contributed by atoms with E-state index in [0.717, 1.165) is 18.5 Å². The molecule has 0 unspecified atom stereocenters. The first-order chi connectivity index (χ1) is 14.7. The third-order valence-electron chi connectivity index (χ3n) is 4.94. The van der Waals surface area contributed by atoms with Gasteiger partial charge < -0.3 is 15.0 Å². The number of ether oxygens (including phenoxy) is 1. The fraction of sp³-hybridized carbons (Fsp3) is 0.273. The van der Waals surface area contributed by atoms with E-state index in [1.807, 2.05) is 35.2 Å². The highest BCUT2D eigenvalue weighted by Gasteiger charge is 2.25. The van der Waals surface area contributed by atoms with E-state index in [1.54, 1.807) is 29.2 Å². The molecule has 7 nitrogen and oxygen atoms in total. The summed E-state index contributed by atoms with van der Waals surface area (Å²) in [5, 5.41) is 4.64. The summed E-state index contributed by atoms with van der Waals surface area (Å²) in [6, 6.07) is 12.8. The minimum absolute atomic E-state index is 0.0105. The van der Waals surface area contributed by atoms with Gasteiger partial charge in [-0.25, -0.2) is 4.98 Å². The van der Waals surface area contributed by atoms with Crippen molar-refractivity contribution in [2.75, 3.05) is 13.1 Å². The van der Waals surface area contributed by atoms with E-state index in [1.165, 1.54) is 11.3 Å². The SMILES string of the molecule is O=C(NCc1ccccn1)c1cccc(OC2CCN(C(=O)c3cscn3)CC2)c1. The molecule has 3 heterocycles. The van der Waals surface area contributed by atoms with Crippen molar-refractivity contribution in [2.45, 2.75) is 25.5 Å². The fourth-order valence-corrected chi connectivity index (χ4v) is 3.86. The summed E-state index contributed by atoms with van der Waals surface area (Å²) in [7, 11) is 0. The van der Waals surface area contributed by atoms with Crippen LogP contribution in [0.15, 0.2) is 59.6 Å². The second kappa shape index (κ2) is 9.49. The minimum Gasteiger partial charge on any atom is -0.490 e. The molecule has 8 heteroatoms. The summed E-state index contributed by atoms with van der Waals surface area (Å²) in [5.74, 6) is 0.459. The van der Waals surface area contributed by atoms with Gasteiger partial charge in [-0.05, 0) is 30.3 Å².